The fourth-order valence-corrected chi connectivity index (χ4v) is 1.24. The third kappa shape index (κ3) is 5.47. The van der Waals surface area contributed by atoms with E-state index < -0.39 is 18.7 Å². The second kappa shape index (κ2) is 5.21. The van der Waals surface area contributed by atoms with E-state index in [4.69, 9.17) is 4.42 Å². The lowest BCUT2D eigenvalue weighted by molar-refractivity contribution is -0.140. The maximum Gasteiger partial charge on any atom is 0.389 e. The molecule has 0 bridgehead atoms. The molecule has 1 aromatic rings. The summed E-state index contributed by atoms with van der Waals surface area (Å²) in [6.45, 7) is 0. The highest BCUT2D eigenvalue weighted by molar-refractivity contribution is 4.98. The molecule has 1 heterocycles. The van der Waals surface area contributed by atoms with Crippen LogP contribution in [0.15, 0.2) is 22.8 Å². The van der Waals surface area contributed by atoms with Crippen LogP contribution in [-0.4, -0.2) is 17.4 Å². The number of aryl methyl sites for hydroxylation is 1. The van der Waals surface area contributed by atoms with E-state index in [2.05, 4.69) is 0 Å². The van der Waals surface area contributed by atoms with Crippen LogP contribution in [0.4, 0.5) is 13.2 Å². The van der Waals surface area contributed by atoms with Crippen molar-refractivity contribution in [1.82, 2.24) is 0 Å². The van der Waals surface area contributed by atoms with Crippen LogP contribution in [0.5, 0.6) is 0 Å². The van der Waals surface area contributed by atoms with Gasteiger partial charge in [-0.25, -0.2) is 0 Å². The SMILES string of the molecule is OC(CCc1ccco1)CCC(F)(F)F. The molecule has 1 N–H and O–H groups in total. The van der Waals surface area contributed by atoms with Gasteiger partial charge in [0.1, 0.15) is 5.76 Å². The first-order valence-electron chi connectivity index (χ1n) is 4.74. The van der Waals surface area contributed by atoms with Gasteiger partial charge in [0.05, 0.1) is 12.4 Å². The second-order valence-electron chi connectivity index (χ2n) is 3.43. The van der Waals surface area contributed by atoms with Crippen molar-refractivity contribution in [3.8, 4) is 0 Å². The predicted octanol–water partition coefficient (Wildman–Crippen LogP) is 2.92. The lowest BCUT2D eigenvalue weighted by Gasteiger charge is -2.11. The molecule has 86 valence electrons. The molecule has 1 atom stereocenters. The van der Waals surface area contributed by atoms with Crippen molar-refractivity contribution in [3.63, 3.8) is 0 Å². The average molecular weight is 222 g/mol. The normalized spacial score (nSPS) is 14.1. The number of aliphatic hydroxyl groups is 1. The van der Waals surface area contributed by atoms with Crippen LogP contribution in [0.25, 0.3) is 0 Å². The third-order valence-electron chi connectivity index (χ3n) is 2.07. The first-order chi connectivity index (χ1) is 6.97. The Kier molecular flexibility index (Phi) is 4.20. The smallest absolute Gasteiger partial charge is 0.389 e. The number of hydrogen-bond acceptors (Lipinski definition) is 2. The summed E-state index contributed by atoms with van der Waals surface area (Å²) in [4.78, 5) is 0. The molecule has 0 saturated heterocycles. The molecule has 0 aromatic carbocycles. The predicted molar refractivity (Wildman–Crippen MR) is 48.3 cm³/mol. The molecule has 0 spiro atoms. The van der Waals surface area contributed by atoms with E-state index >= 15 is 0 Å². The van der Waals surface area contributed by atoms with E-state index in [1.807, 2.05) is 0 Å². The highest BCUT2D eigenvalue weighted by Crippen LogP contribution is 2.23. The molecule has 0 aliphatic heterocycles. The minimum atomic E-state index is -4.19. The van der Waals surface area contributed by atoms with E-state index in [-0.39, 0.29) is 6.42 Å². The highest BCUT2D eigenvalue weighted by atomic mass is 19.4. The number of alkyl halides is 3. The Morgan fingerprint density at radius 2 is 2.07 bits per heavy atom. The molecule has 5 heteroatoms. The van der Waals surface area contributed by atoms with Crippen molar-refractivity contribution < 1.29 is 22.7 Å². The number of aliphatic hydroxyl groups excluding tert-OH is 1. The lowest BCUT2D eigenvalue weighted by Crippen LogP contribution is -2.14. The number of furan rings is 1. The summed E-state index contributed by atoms with van der Waals surface area (Å²) < 4.78 is 40.4. The molecule has 0 amide bonds. The standard InChI is InChI=1S/C10H13F3O2/c11-10(12,13)6-5-8(14)3-4-9-2-1-7-15-9/h1-2,7-8,14H,3-6H2. The van der Waals surface area contributed by atoms with Crippen LogP contribution in [0.3, 0.4) is 0 Å². The number of halogens is 3. The van der Waals surface area contributed by atoms with E-state index in [1.54, 1.807) is 12.1 Å². The van der Waals surface area contributed by atoms with Crippen LogP contribution in [0.2, 0.25) is 0 Å². The zero-order chi connectivity index (χ0) is 11.3. The molecule has 15 heavy (non-hydrogen) atoms. The van der Waals surface area contributed by atoms with Gasteiger partial charge in [0, 0.05) is 12.8 Å². The molecular weight excluding hydrogens is 209 g/mol. The summed E-state index contributed by atoms with van der Waals surface area (Å²) in [6.07, 6.45) is -4.04. The van der Waals surface area contributed by atoms with E-state index in [0.29, 0.717) is 18.6 Å². The number of rotatable bonds is 5. The van der Waals surface area contributed by atoms with Crippen LogP contribution in [-0.2, 0) is 6.42 Å². The van der Waals surface area contributed by atoms with E-state index in [9.17, 15) is 18.3 Å². The van der Waals surface area contributed by atoms with Crippen molar-refractivity contribution in [2.75, 3.05) is 0 Å². The van der Waals surface area contributed by atoms with Gasteiger partial charge in [0.25, 0.3) is 0 Å². The summed E-state index contributed by atoms with van der Waals surface area (Å²) in [5, 5.41) is 9.27. The van der Waals surface area contributed by atoms with Gasteiger partial charge >= 0.3 is 6.18 Å². The maximum absolute atomic E-state index is 11.8. The van der Waals surface area contributed by atoms with Crippen molar-refractivity contribution in [1.29, 1.82) is 0 Å². The summed E-state index contributed by atoms with van der Waals surface area (Å²) in [6, 6.07) is 3.44. The minimum Gasteiger partial charge on any atom is -0.469 e. The Labute approximate surface area is 85.7 Å². The molecule has 0 radical (unpaired) electrons. The topological polar surface area (TPSA) is 33.4 Å². The van der Waals surface area contributed by atoms with Gasteiger partial charge in [-0.1, -0.05) is 0 Å². The maximum atomic E-state index is 11.8. The molecule has 0 aliphatic rings. The largest absolute Gasteiger partial charge is 0.469 e. The van der Waals surface area contributed by atoms with Gasteiger partial charge in [-0.05, 0) is 25.0 Å². The first kappa shape index (κ1) is 12.1. The Bertz CT molecular complexity index is 267. The molecule has 2 nitrogen and oxygen atoms in total. The van der Waals surface area contributed by atoms with Gasteiger partial charge in [-0.2, -0.15) is 13.2 Å². The lowest BCUT2D eigenvalue weighted by atomic mass is 10.1. The Balaban J connectivity index is 2.16. The van der Waals surface area contributed by atoms with Gasteiger partial charge in [-0.15, -0.1) is 0 Å². The summed E-state index contributed by atoms with van der Waals surface area (Å²) >= 11 is 0. The zero-order valence-electron chi connectivity index (χ0n) is 8.13. The van der Waals surface area contributed by atoms with Crippen molar-refractivity contribution in [2.45, 2.75) is 38.0 Å². The molecule has 0 saturated carbocycles. The van der Waals surface area contributed by atoms with Crippen LogP contribution in [0, 0.1) is 0 Å². The quantitative estimate of drug-likeness (QED) is 0.830. The fourth-order valence-electron chi connectivity index (χ4n) is 1.24. The average Bonchev–Trinajstić information content (AvgIpc) is 2.62. The van der Waals surface area contributed by atoms with Crippen LogP contribution in [0.1, 0.15) is 25.0 Å². The summed E-state index contributed by atoms with van der Waals surface area (Å²) in [5.74, 6) is 0.682. The molecule has 1 rings (SSSR count). The van der Waals surface area contributed by atoms with Crippen molar-refractivity contribution in [2.24, 2.45) is 0 Å². The zero-order valence-corrected chi connectivity index (χ0v) is 8.13. The van der Waals surface area contributed by atoms with E-state index in [0.717, 1.165) is 0 Å². The van der Waals surface area contributed by atoms with Gasteiger partial charge in [0.15, 0.2) is 0 Å². The fraction of sp³-hybridized carbons (Fsp3) is 0.600. The van der Waals surface area contributed by atoms with Gasteiger partial charge < -0.3 is 9.52 Å². The highest BCUT2D eigenvalue weighted by Gasteiger charge is 2.27. The first-order valence-corrected chi connectivity index (χ1v) is 4.74. The Morgan fingerprint density at radius 1 is 1.33 bits per heavy atom. The summed E-state index contributed by atoms with van der Waals surface area (Å²) in [7, 11) is 0. The summed E-state index contributed by atoms with van der Waals surface area (Å²) in [5.41, 5.74) is 0. The Morgan fingerprint density at radius 3 is 2.60 bits per heavy atom. The Hall–Kier alpha value is -0.970. The van der Waals surface area contributed by atoms with Gasteiger partial charge in [-0.3, -0.25) is 0 Å². The van der Waals surface area contributed by atoms with E-state index in [1.165, 1.54) is 6.26 Å². The number of hydrogen-bond donors (Lipinski definition) is 1. The minimum absolute atomic E-state index is 0.246. The van der Waals surface area contributed by atoms with Gasteiger partial charge in [0.2, 0.25) is 0 Å². The molecule has 0 fully saturated rings. The third-order valence-corrected chi connectivity index (χ3v) is 2.07. The van der Waals surface area contributed by atoms with Crippen molar-refractivity contribution >= 4 is 0 Å². The monoisotopic (exact) mass is 222 g/mol. The molecular formula is C10H13F3O2. The molecule has 1 aromatic heterocycles. The molecule has 0 aliphatic carbocycles. The van der Waals surface area contributed by atoms with Crippen molar-refractivity contribution in [3.05, 3.63) is 24.2 Å². The second-order valence-corrected chi connectivity index (χ2v) is 3.43. The molecule has 1 unspecified atom stereocenters. The van der Waals surface area contributed by atoms with Crippen LogP contribution < -0.4 is 0 Å². The van der Waals surface area contributed by atoms with Crippen LogP contribution >= 0.6 is 0 Å².